The summed E-state index contributed by atoms with van der Waals surface area (Å²) in [4.78, 5) is 5.74. The molecule has 0 aliphatic carbocycles. The van der Waals surface area contributed by atoms with Crippen LogP contribution in [0, 0.1) is 0 Å². The molecule has 3 heterocycles. The van der Waals surface area contributed by atoms with Crippen LogP contribution in [0.3, 0.4) is 0 Å². The van der Waals surface area contributed by atoms with Gasteiger partial charge in [-0.1, -0.05) is 0 Å². The normalized spacial score (nSPS) is 17.6. The molecule has 12 heteroatoms. The van der Waals surface area contributed by atoms with Crippen molar-refractivity contribution in [3.8, 4) is 0 Å². The summed E-state index contributed by atoms with van der Waals surface area (Å²) in [5.74, 6) is 0.184. The van der Waals surface area contributed by atoms with E-state index < -0.39 is 21.9 Å². The Balaban J connectivity index is 1.88. The van der Waals surface area contributed by atoms with Crippen LogP contribution in [0.5, 0.6) is 0 Å². The average molecular weight is 378 g/mol. The van der Waals surface area contributed by atoms with Crippen LogP contribution < -0.4 is 10.0 Å². The highest BCUT2D eigenvalue weighted by atomic mass is 32.2. The van der Waals surface area contributed by atoms with E-state index in [1.807, 2.05) is 0 Å². The molecule has 1 aliphatic rings. The molecule has 25 heavy (non-hydrogen) atoms. The third kappa shape index (κ3) is 3.41. The highest BCUT2D eigenvalue weighted by molar-refractivity contribution is 7.86. The third-order valence-corrected chi connectivity index (χ3v) is 5.52. The Morgan fingerprint density at radius 3 is 2.52 bits per heavy atom. The number of rotatable bonds is 3. The first-order valence-electron chi connectivity index (χ1n) is 7.49. The molecule has 0 spiro atoms. The maximum atomic E-state index is 13.2. The van der Waals surface area contributed by atoms with Gasteiger partial charge in [0.15, 0.2) is 5.82 Å². The number of nitrogens with zero attached hydrogens (tertiary/aromatic N) is 5. The van der Waals surface area contributed by atoms with E-state index in [0.29, 0.717) is 25.9 Å². The summed E-state index contributed by atoms with van der Waals surface area (Å²) in [6, 6.07) is 0.674. The molecule has 1 fully saturated rings. The molecule has 0 radical (unpaired) electrons. The maximum absolute atomic E-state index is 13.2. The van der Waals surface area contributed by atoms with Gasteiger partial charge < -0.3 is 4.90 Å². The zero-order valence-corrected chi connectivity index (χ0v) is 14.1. The van der Waals surface area contributed by atoms with Crippen LogP contribution in [0.15, 0.2) is 18.6 Å². The second-order valence-electron chi connectivity index (χ2n) is 5.88. The van der Waals surface area contributed by atoms with Gasteiger partial charge in [-0.15, -0.1) is 0 Å². The lowest BCUT2D eigenvalue weighted by Crippen LogP contribution is -2.47. The number of halogens is 3. The predicted octanol–water partition coefficient (Wildman–Crippen LogP) is 0.852. The van der Waals surface area contributed by atoms with E-state index in [0.717, 1.165) is 14.9 Å². The van der Waals surface area contributed by atoms with Crippen molar-refractivity contribution in [1.29, 1.82) is 0 Å². The average Bonchev–Trinajstić information content (AvgIpc) is 2.97. The Morgan fingerprint density at radius 2 is 1.96 bits per heavy atom. The van der Waals surface area contributed by atoms with Crippen LogP contribution in [-0.2, 0) is 16.4 Å². The lowest BCUT2D eigenvalue weighted by molar-refractivity contribution is -0.136. The monoisotopic (exact) mass is 378 g/mol. The number of alkyl halides is 3. The Bertz CT molecular complexity index is 874. The number of hydrogen-bond donors (Lipinski definition) is 1. The molecule has 2 aromatic heterocycles. The third-order valence-electron chi connectivity index (χ3n) is 4.42. The Kier molecular flexibility index (Phi) is 4.37. The molecule has 138 valence electrons. The predicted molar refractivity (Wildman–Crippen MR) is 84.1 cm³/mol. The Morgan fingerprint density at radius 1 is 1.32 bits per heavy atom. The van der Waals surface area contributed by atoms with Crippen molar-refractivity contribution in [3.63, 3.8) is 0 Å². The van der Waals surface area contributed by atoms with Crippen molar-refractivity contribution in [2.24, 2.45) is 5.14 Å². The van der Waals surface area contributed by atoms with Crippen LogP contribution >= 0.6 is 0 Å². The van der Waals surface area contributed by atoms with Crippen LogP contribution in [0.25, 0.3) is 5.52 Å². The smallest absolute Gasteiger partial charge is 0.355 e. The highest BCUT2D eigenvalue weighted by Crippen LogP contribution is 2.36. The van der Waals surface area contributed by atoms with Crippen molar-refractivity contribution < 1.29 is 21.6 Å². The zero-order chi connectivity index (χ0) is 18.4. The number of nitrogens with two attached hydrogens (primary N) is 1. The molecule has 3 rings (SSSR count). The van der Waals surface area contributed by atoms with Crippen LogP contribution in [0.4, 0.5) is 19.0 Å². The van der Waals surface area contributed by atoms with E-state index in [1.54, 1.807) is 4.90 Å². The summed E-state index contributed by atoms with van der Waals surface area (Å²) in [5.41, 5.74) is -0.903. The van der Waals surface area contributed by atoms with Crippen molar-refractivity contribution in [2.45, 2.75) is 25.1 Å². The van der Waals surface area contributed by atoms with E-state index in [4.69, 9.17) is 5.14 Å². The summed E-state index contributed by atoms with van der Waals surface area (Å²) >= 11 is 0. The van der Waals surface area contributed by atoms with Gasteiger partial charge in [0.2, 0.25) is 0 Å². The lowest BCUT2D eigenvalue weighted by Gasteiger charge is -2.36. The minimum absolute atomic E-state index is 0.103. The molecule has 1 aliphatic heterocycles. The van der Waals surface area contributed by atoms with Gasteiger partial charge in [-0.3, -0.25) is 0 Å². The van der Waals surface area contributed by atoms with E-state index in [1.165, 1.54) is 19.6 Å². The van der Waals surface area contributed by atoms with Gasteiger partial charge in [-0.05, 0) is 18.9 Å². The molecule has 0 saturated carbocycles. The molecule has 0 aromatic carbocycles. The second-order valence-corrected chi connectivity index (χ2v) is 7.49. The van der Waals surface area contributed by atoms with Gasteiger partial charge in [0.05, 0.1) is 5.56 Å². The number of anilines is 1. The standard InChI is InChI=1S/C13H17F3N6O2S/c1-20(25(17,23)24)9-2-5-21(6-3-9)12-11-10(13(14,15)16)4-7-22(11)19-8-18-12/h4,7-9H,2-3,5-6H2,1H3,(H2,17,23,24). The van der Waals surface area contributed by atoms with Crippen LogP contribution in [-0.4, -0.2) is 53.5 Å². The molecule has 2 N–H and O–H groups in total. The van der Waals surface area contributed by atoms with Gasteiger partial charge in [0.25, 0.3) is 10.2 Å². The van der Waals surface area contributed by atoms with Crippen LogP contribution in [0.1, 0.15) is 18.4 Å². The van der Waals surface area contributed by atoms with Crippen molar-refractivity contribution in [1.82, 2.24) is 18.9 Å². The van der Waals surface area contributed by atoms with Gasteiger partial charge in [0.1, 0.15) is 11.8 Å². The first kappa shape index (κ1) is 17.9. The van der Waals surface area contributed by atoms with Crippen molar-refractivity contribution >= 4 is 21.5 Å². The fourth-order valence-electron chi connectivity index (χ4n) is 3.05. The highest BCUT2D eigenvalue weighted by Gasteiger charge is 2.36. The molecule has 0 bridgehead atoms. The summed E-state index contributed by atoms with van der Waals surface area (Å²) in [6.45, 7) is 0.722. The van der Waals surface area contributed by atoms with Gasteiger partial charge >= 0.3 is 6.18 Å². The maximum Gasteiger partial charge on any atom is 0.418 e. The molecular weight excluding hydrogens is 361 g/mol. The minimum Gasteiger partial charge on any atom is -0.355 e. The number of fused-ring (bicyclic) bond motifs is 1. The number of piperidine rings is 1. The fraction of sp³-hybridized carbons (Fsp3) is 0.538. The summed E-state index contributed by atoms with van der Waals surface area (Å²) in [6.07, 6.45) is -1.20. The molecule has 0 amide bonds. The van der Waals surface area contributed by atoms with E-state index >= 15 is 0 Å². The fourth-order valence-corrected chi connectivity index (χ4v) is 3.67. The summed E-state index contributed by atoms with van der Waals surface area (Å²) < 4.78 is 64.7. The SMILES string of the molecule is CN(C1CCN(c2ncnn3ccc(C(F)(F)F)c23)CC1)S(N)(=O)=O. The zero-order valence-electron chi connectivity index (χ0n) is 13.3. The van der Waals surface area contributed by atoms with E-state index in [9.17, 15) is 21.6 Å². The Hall–Kier alpha value is -1.92. The quantitative estimate of drug-likeness (QED) is 0.854. The molecule has 2 aromatic rings. The van der Waals surface area contributed by atoms with Crippen LogP contribution in [0.2, 0.25) is 0 Å². The van der Waals surface area contributed by atoms with E-state index in [2.05, 4.69) is 10.1 Å². The molecule has 1 saturated heterocycles. The van der Waals surface area contributed by atoms with Gasteiger partial charge in [0, 0.05) is 32.4 Å². The summed E-state index contributed by atoms with van der Waals surface area (Å²) in [7, 11) is -2.40. The largest absolute Gasteiger partial charge is 0.418 e. The lowest BCUT2D eigenvalue weighted by atomic mass is 10.1. The first-order valence-corrected chi connectivity index (χ1v) is 8.99. The Labute approximate surface area is 142 Å². The molecular formula is C13H17F3N6O2S. The van der Waals surface area contributed by atoms with Crippen molar-refractivity contribution in [3.05, 3.63) is 24.2 Å². The van der Waals surface area contributed by atoms with Crippen molar-refractivity contribution in [2.75, 3.05) is 25.0 Å². The first-order chi connectivity index (χ1) is 11.6. The minimum atomic E-state index is -4.51. The van der Waals surface area contributed by atoms with Gasteiger partial charge in [-0.2, -0.15) is 31.0 Å². The number of aromatic nitrogens is 3. The second kappa shape index (κ2) is 6.11. The van der Waals surface area contributed by atoms with E-state index in [-0.39, 0.29) is 17.4 Å². The number of hydrogen-bond acceptors (Lipinski definition) is 5. The topological polar surface area (TPSA) is 96.8 Å². The molecule has 0 unspecified atom stereocenters. The molecule has 0 atom stereocenters. The summed E-state index contributed by atoms with van der Waals surface area (Å²) in [5, 5.41) is 8.94. The molecule has 8 nitrogen and oxygen atoms in total. The van der Waals surface area contributed by atoms with Gasteiger partial charge in [-0.25, -0.2) is 14.6 Å².